The highest BCUT2D eigenvalue weighted by molar-refractivity contribution is 5.79. The Labute approximate surface area is 104 Å². The van der Waals surface area contributed by atoms with E-state index in [4.69, 9.17) is 0 Å². The van der Waals surface area contributed by atoms with Crippen LogP contribution >= 0.6 is 0 Å². The molecular formula is C13H25N3O. The van der Waals surface area contributed by atoms with Gasteiger partial charge in [-0.05, 0) is 38.4 Å². The standard InChI is InChI=1S/C13H25N3O/c1-3-16-6-4-5-11(16)8-15-13(17)12-9-14-7-10(12)2/h10-12,14H,3-9H2,1-2H3,(H,15,17). The van der Waals surface area contributed by atoms with Crippen molar-refractivity contribution < 1.29 is 4.79 Å². The summed E-state index contributed by atoms with van der Waals surface area (Å²) in [5.41, 5.74) is 0. The predicted molar refractivity (Wildman–Crippen MR) is 68.8 cm³/mol. The van der Waals surface area contributed by atoms with Gasteiger partial charge in [0.2, 0.25) is 5.91 Å². The molecule has 4 nitrogen and oxygen atoms in total. The molecule has 4 heteroatoms. The van der Waals surface area contributed by atoms with E-state index in [0.717, 1.165) is 26.2 Å². The van der Waals surface area contributed by atoms with Gasteiger partial charge in [0.05, 0.1) is 5.92 Å². The summed E-state index contributed by atoms with van der Waals surface area (Å²) in [5.74, 6) is 0.887. The molecule has 2 aliphatic heterocycles. The summed E-state index contributed by atoms with van der Waals surface area (Å²) in [5, 5.41) is 6.42. The number of nitrogens with zero attached hydrogens (tertiary/aromatic N) is 1. The zero-order chi connectivity index (χ0) is 12.3. The minimum absolute atomic E-state index is 0.173. The van der Waals surface area contributed by atoms with Gasteiger partial charge in [0, 0.05) is 19.1 Å². The number of hydrogen-bond acceptors (Lipinski definition) is 3. The Kier molecular flexibility index (Phi) is 4.40. The van der Waals surface area contributed by atoms with Gasteiger partial charge in [0.15, 0.2) is 0 Å². The van der Waals surface area contributed by atoms with E-state index in [0.29, 0.717) is 12.0 Å². The molecule has 0 aliphatic carbocycles. The van der Waals surface area contributed by atoms with Crippen molar-refractivity contribution in [1.29, 1.82) is 0 Å². The summed E-state index contributed by atoms with van der Waals surface area (Å²) < 4.78 is 0. The van der Waals surface area contributed by atoms with Crippen molar-refractivity contribution in [2.45, 2.75) is 32.7 Å². The lowest BCUT2D eigenvalue weighted by Gasteiger charge is -2.24. The molecule has 1 amide bonds. The maximum atomic E-state index is 12.0. The number of carbonyl (C=O) groups is 1. The highest BCUT2D eigenvalue weighted by Gasteiger charge is 2.30. The molecule has 0 bridgehead atoms. The number of likely N-dealkylation sites (N-methyl/N-ethyl adjacent to an activating group) is 1. The summed E-state index contributed by atoms with van der Waals surface area (Å²) in [7, 11) is 0. The van der Waals surface area contributed by atoms with Crippen LogP contribution in [0.15, 0.2) is 0 Å². The third-order valence-corrected chi connectivity index (χ3v) is 4.27. The topological polar surface area (TPSA) is 44.4 Å². The fourth-order valence-electron chi connectivity index (χ4n) is 3.05. The van der Waals surface area contributed by atoms with Gasteiger partial charge in [-0.3, -0.25) is 9.69 Å². The lowest BCUT2D eigenvalue weighted by atomic mass is 9.97. The Morgan fingerprint density at radius 2 is 2.29 bits per heavy atom. The van der Waals surface area contributed by atoms with Crippen molar-refractivity contribution in [3.63, 3.8) is 0 Å². The normalized spacial score (nSPS) is 34.1. The van der Waals surface area contributed by atoms with Gasteiger partial charge in [0.1, 0.15) is 0 Å². The van der Waals surface area contributed by atoms with Crippen LogP contribution in [0, 0.1) is 11.8 Å². The molecule has 3 atom stereocenters. The van der Waals surface area contributed by atoms with Crippen LogP contribution < -0.4 is 10.6 Å². The lowest BCUT2D eigenvalue weighted by Crippen LogP contribution is -2.43. The first kappa shape index (κ1) is 12.8. The molecule has 0 aromatic carbocycles. The van der Waals surface area contributed by atoms with E-state index >= 15 is 0 Å². The summed E-state index contributed by atoms with van der Waals surface area (Å²) in [6.45, 7) is 9.29. The van der Waals surface area contributed by atoms with Crippen LogP contribution in [-0.2, 0) is 4.79 Å². The number of likely N-dealkylation sites (tertiary alicyclic amines) is 1. The quantitative estimate of drug-likeness (QED) is 0.748. The Morgan fingerprint density at radius 1 is 1.47 bits per heavy atom. The van der Waals surface area contributed by atoms with E-state index in [1.165, 1.54) is 19.4 Å². The van der Waals surface area contributed by atoms with Crippen molar-refractivity contribution in [2.75, 3.05) is 32.7 Å². The Balaban J connectivity index is 1.76. The van der Waals surface area contributed by atoms with E-state index in [-0.39, 0.29) is 11.8 Å². The Bertz CT molecular complexity index is 269. The lowest BCUT2D eigenvalue weighted by molar-refractivity contribution is -0.125. The van der Waals surface area contributed by atoms with E-state index in [1.54, 1.807) is 0 Å². The zero-order valence-electron chi connectivity index (χ0n) is 11.0. The molecule has 2 aliphatic rings. The van der Waals surface area contributed by atoms with E-state index in [9.17, 15) is 4.79 Å². The van der Waals surface area contributed by atoms with Gasteiger partial charge >= 0.3 is 0 Å². The average molecular weight is 239 g/mol. The molecule has 17 heavy (non-hydrogen) atoms. The van der Waals surface area contributed by atoms with Crippen molar-refractivity contribution in [2.24, 2.45) is 11.8 Å². The van der Waals surface area contributed by atoms with Crippen LogP contribution in [0.5, 0.6) is 0 Å². The van der Waals surface area contributed by atoms with E-state index in [2.05, 4.69) is 29.4 Å². The summed E-state index contributed by atoms with van der Waals surface area (Å²) in [6, 6.07) is 0.564. The van der Waals surface area contributed by atoms with Gasteiger partial charge in [0.25, 0.3) is 0 Å². The molecule has 98 valence electrons. The molecule has 2 N–H and O–H groups in total. The Hall–Kier alpha value is -0.610. The summed E-state index contributed by atoms with van der Waals surface area (Å²) >= 11 is 0. The van der Waals surface area contributed by atoms with Crippen LogP contribution in [0.4, 0.5) is 0 Å². The van der Waals surface area contributed by atoms with Crippen molar-refractivity contribution in [3.05, 3.63) is 0 Å². The molecule has 0 aromatic rings. The molecule has 3 unspecified atom stereocenters. The van der Waals surface area contributed by atoms with Crippen molar-refractivity contribution >= 4 is 5.91 Å². The van der Waals surface area contributed by atoms with Gasteiger partial charge in [-0.25, -0.2) is 0 Å². The first-order chi connectivity index (χ1) is 8.22. The number of rotatable bonds is 4. The van der Waals surface area contributed by atoms with E-state index < -0.39 is 0 Å². The highest BCUT2D eigenvalue weighted by Crippen LogP contribution is 2.18. The van der Waals surface area contributed by atoms with Crippen LogP contribution in [0.3, 0.4) is 0 Å². The highest BCUT2D eigenvalue weighted by atomic mass is 16.1. The van der Waals surface area contributed by atoms with Crippen LogP contribution in [0.25, 0.3) is 0 Å². The number of nitrogens with one attached hydrogen (secondary N) is 2. The van der Waals surface area contributed by atoms with Gasteiger partial charge in [-0.1, -0.05) is 13.8 Å². The second-order valence-electron chi connectivity index (χ2n) is 5.41. The maximum absolute atomic E-state index is 12.0. The molecule has 2 fully saturated rings. The monoisotopic (exact) mass is 239 g/mol. The minimum atomic E-state index is 0.173. The second kappa shape index (κ2) is 5.83. The SMILES string of the molecule is CCN1CCCC1CNC(=O)C1CNCC1C. The first-order valence-corrected chi connectivity index (χ1v) is 6.94. The average Bonchev–Trinajstić information content (AvgIpc) is 2.94. The third-order valence-electron chi connectivity index (χ3n) is 4.27. The number of carbonyl (C=O) groups excluding carboxylic acids is 1. The molecule has 0 saturated carbocycles. The van der Waals surface area contributed by atoms with Crippen molar-refractivity contribution in [1.82, 2.24) is 15.5 Å². The van der Waals surface area contributed by atoms with E-state index in [1.807, 2.05) is 0 Å². The molecule has 0 aromatic heterocycles. The molecule has 2 saturated heterocycles. The zero-order valence-corrected chi connectivity index (χ0v) is 11.0. The number of hydrogen-bond donors (Lipinski definition) is 2. The van der Waals surface area contributed by atoms with Crippen LogP contribution in [-0.4, -0.2) is 49.6 Å². The van der Waals surface area contributed by atoms with Crippen molar-refractivity contribution in [3.8, 4) is 0 Å². The minimum Gasteiger partial charge on any atom is -0.354 e. The molecule has 2 heterocycles. The first-order valence-electron chi connectivity index (χ1n) is 6.94. The molecule has 2 rings (SSSR count). The van der Waals surface area contributed by atoms with Crippen LogP contribution in [0.1, 0.15) is 26.7 Å². The van der Waals surface area contributed by atoms with Gasteiger partial charge in [-0.2, -0.15) is 0 Å². The van der Waals surface area contributed by atoms with Crippen LogP contribution in [0.2, 0.25) is 0 Å². The summed E-state index contributed by atoms with van der Waals surface area (Å²) in [6.07, 6.45) is 2.50. The second-order valence-corrected chi connectivity index (χ2v) is 5.41. The fraction of sp³-hybridized carbons (Fsp3) is 0.923. The molecule has 0 radical (unpaired) electrons. The van der Waals surface area contributed by atoms with Gasteiger partial charge in [-0.15, -0.1) is 0 Å². The third kappa shape index (κ3) is 2.99. The smallest absolute Gasteiger partial charge is 0.224 e. The molecular weight excluding hydrogens is 214 g/mol. The maximum Gasteiger partial charge on any atom is 0.224 e. The van der Waals surface area contributed by atoms with Gasteiger partial charge < -0.3 is 10.6 Å². The molecule has 0 spiro atoms. The fourth-order valence-corrected chi connectivity index (χ4v) is 3.05. The summed E-state index contributed by atoms with van der Waals surface area (Å²) in [4.78, 5) is 14.5. The number of amides is 1. The Morgan fingerprint density at radius 3 is 2.94 bits per heavy atom. The predicted octanol–water partition coefficient (Wildman–Crippen LogP) is 0.442. The largest absolute Gasteiger partial charge is 0.354 e.